The SMILES string of the molecule is CN1C[C@H]2CCC[C@@H](C1)C2N. The highest BCUT2D eigenvalue weighted by Gasteiger charge is 2.35. The second-order valence-electron chi connectivity index (χ2n) is 4.25. The van der Waals surface area contributed by atoms with Crippen molar-refractivity contribution in [1.29, 1.82) is 0 Å². The molecular formula is C9H18N2. The number of nitrogens with zero attached hydrogens (tertiary/aromatic N) is 1. The van der Waals surface area contributed by atoms with E-state index in [-0.39, 0.29) is 0 Å². The highest BCUT2D eigenvalue weighted by molar-refractivity contribution is 4.91. The predicted molar refractivity (Wildman–Crippen MR) is 46.3 cm³/mol. The first-order valence-electron chi connectivity index (χ1n) is 4.71. The molecule has 1 saturated heterocycles. The lowest BCUT2D eigenvalue weighted by molar-refractivity contribution is 0.0817. The van der Waals surface area contributed by atoms with Gasteiger partial charge in [-0.15, -0.1) is 0 Å². The van der Waals surface area contributed by atoms with Crippen LogP contribution in [0.3, 0.4) is 0 Å². The summed E-state index contributed by atoms with van der Waals surface area (Å²) in [5.74, 6) is 1.60. The molecule has 2 fully saturated rings. The molecule has 0 radical (unpaired) electrons. The Hall–Kier alpha value is -0.0800. The fourth-order valence-electron chi connectivity index (χ4n) is 2.71. The summed E-state index contributed by atoms with van der Waals surface area (Å²) in [5, 5.41) is 0. The Morgan fingerprint density at radius 3 is 2.27 bits per heavy atom. The Bertz CT molecular complexity index is 132. The lowest BCUT2D eigenvalue weighted by Gasteiger charge is -2.44. The first-order valence-corrected chi connectivity index (χ1v) is 4.71. The molecule has 64 valence electrons. The van der Waals surface area contributed by atoms with Crippen LogP contribution < -0.4 is 5.73 Å². The largest absolute Gasteiger partial charge is 0.327 e. The molecule has 2 nitrogen and oxygen atoms in total. The molecule has 1 aliphatic heterocycles. The molecule has 0 aromatic rings. The normalized spacial score (nSPS) is 45.8. The van der Waals surface area contributed by atoms with Gasteiger partial charge in [0.15, 0.2) is 0 Å². The van der Waals surface area contributed by atoms with Crippen molar-refractivity contribution >= 4 is 0 Å². The van der Waals surface area contributed by atoms with Gasteiger partial charge in [0.25, 0.3) is 0 Å². The molecule has 2 heteroatoms. The Morgan fingerprint density at radius 2 is 1.73 bits per heavy atom. The zero-order valence-corrected chi connectivity index (χ0v) is 7.29. The molecular weight excluding hydrogens is 136 g/mol. The van der Waals surface area contributed by atoms with Crippen LogP contribution >= 0.6 is 0 Å². The van der Waals surface area contributed by atoms with E-state index in [1.807, 2.05) is 0 Å². The minimum Gasteiger partial charge on any atom is -0.327 e. The van der Waals surface area contributed by atoms with Gasteiger partial charge in [-0.25, -0.2) is 0 Å². The molecule has 2 N–H and O–H groups in total. The number of piperidine rings is 1. The lowest BCUT2D eigenvalue weighted by atomic mass is 9.74. The van der Waals surface area contributed by atoms with Gasteiger partial charge in [0, 0.05) is 19.1 Å². The lowest BCUT2D eigenvalue weighted by Crippen LogP contribution is -2.53. The van der Waals surface area contributed by atoms with Crippen LogP contribution in [-0.4, -0.2) is 31.1 Å². The molecule has 2 rings (SSSR count). The first-order chi connectivity index (χ1) is 5.27. The summed E-state index contributed by atoms with van der Waals surface area (Å²) in [5.41, 5.74) is 6.12. The van der Waals surface area contributed by atoms with E-state index < -0.39 is 0 Å². The van der Waals surface area contributed by atoms with Crippen LogP contribution in [0.4, 0.5) is 0 Å². The molecule has 1 heterocycles. The van der Waals surface area contributed by atoms with Gasteiger partial charge in [-0.2, -0.15) is 0 Å². The van der Waals surface area contributed by atoms with E-state index in [2.05, 4.69) is 11.9 Å². The minimum atomic E-state index is 0.514. The van der Waals surface area contributed by atoms with Crippen molar-refractivity contribution in [2.24, 2.45) is 17.6 Å². The Labute approximate surface area is 68.7 Å². The van der Waals surface area contributed by atoms with Crippen LogP contribution in [0.25, 0.3) is 0 Å². The van der Waals surface area contributed by atoms with Crippen LogP contribution in [0, 0.1) is 11.8 Å². The van der Waals surface area contributed by atoms with Crippen molar-refractivity contribution in [1.82, 2.24) is 4.90 Å². The summed E-state index contributed by atoms with van der Waals surface area (Å²) in [6.45, 7) is 2.47. The highest BCUT2D eigenvalue weighted by Crippen LogP contribution is 2.32. The van der Waals surface area contributed by atoms with Gasteiger partial charge in [-0.05, 0) is 31.7 Å². The molecule has 2 aliphatic rings. The van der Waals surface area contributed by atoms with E-state index in [1.165, 1.54) is 32.4 Å². The number of hydrogen-bond donors (Lipinski definition) is 1. The zero-order valence-electron chi connectivity index (χ0n) is 7.29. The first kappa shape index (κ1) is 7.56. The molecule has 0 aromatic heterocycles. The van der Waals surface area contributed by atoms with E-state index in [4.69, 9.17) is 5.73 Å². The van der Waals surface area contributed by atoms with Crippen LogP contribution in [-0.2, 0) is 0 Å². The number of likely N-dealkylation sites (tertiary alicyclic amines) is 1. The van der Waals surface area contributed by atoms with E-state index >= 15 is 0 Å². The number of nitrogens with two attached hydrogens (primary N) is 1. The summed E-state index contributed by atoms with van der Waals surface area (Å²) < 4.78 is 0. The van der Waals surface area contributed by atoms with E-state index in [1.54, 1.807) is 0 Å². The van der Waals surface area contributed by atoms with Gasteiger partial charge < -0.3 is 10.6 Å². The fourth-order valence-corrected chi connectivity index (χ4v) is 2.71. The van der Waals surface area contributed by atoms with Crippen molar-refractivity contribution in [3.63, 3.8) is 0 Å². The molecule has 11 heavy (non-hydrogen) atoms. The zero-order chi connectivity index (χ0) is 7.84. The van der Waals surface area contributed by atoms with Crippen molar-refractivity contribution in [2.45, 2.75) is 25.3 Å². The van der Waals surface area contributed by atoms with Crippen molar-refractivity contribution in [2.75, 3.05) is 20.1 Å². The standard InChI is InChI=1S/C9H18N2/c1-11-5-7-3-2-4-8(6-11)9(7)10/h7-9H,2-6,10H2,1H3/t7-,8+,9?. The fraction of sp³-hybridized carbons (Fsp3) is 1.00. The van der Waals surface area contributed by atoms with Gasteiger partial charge >= 0.3 is 0 Å². The third-order valence-electron chi connectivity index (χ3n) is 3.33. The molecule has 0 amide bonds. The quantitative estimate of drug-likeness (QED) is 0.556. The Morgan fingerprint density at radius 1 is 1.18 bits per heavy atom. The second-order valence-corrected chi connectivity index (χ2v) is 4.25. The molecule has 0 spiro atoms. The molecule has 1 unspecified atom stereocenters. The Kier molecular flexibility index (Phi) is 1.90. The maximum absolute atomic E-state index is 6.12. The van der Waals surface area contributed by atoms with Crippen molar-refractivity contribution in [3.8, 4) is 0 Å². The van der Waals surface area contributed by atoms with E-state index in [0.717, 1.165) is 11.8 Å². The monoisotopic (exact) mass is 154 g/mol. The van der Waals surface area contributed by atoms with Crippen LogP contribution in [0.5, 0.6) is 0 Å². The highest BCUT2D eigenvalue weighted by atomic mass is 15.1. The van der Waals surface area contributed by atoms with E-state index in [9.17, 15) is 0 Å². The van der Waals surface area contributed by atoms with Crippen LogP contribution in [0.2, 0.25) is 0 Å². The van der Waals surface area contributed by atoms with Crippen molar-refractivity contribution < 1.29 is 0 Å². The summed E-state index contributed by atoms with van der Waals surface area (Å²) in [4.78, 5) is 2.44. The third-order valence-corrected chi connectivity index (χ3v) is 3.33. The Balaban J connectivity index is 2.07. The minimum absolute atomic E-state index is 0.514. The second kappa shape index (κ2) is 2.76. The molecule has 1 aliphatic carbocycles. The maximum atomic E-state index is 6.12. The predicted octanol–water partition coefficient (Wildman–Crippen LogP) is 0.675. The molecule has 3 atom stereocenters. The van der Waals surface area contributed by atoms with Gasteiger partial charge in [0.2, 0.25) is 0 Å². The average Bonchev–Trinajstić information content (AvgIpc) is 1.92. The number of fused-ring (bicyclic) bond motifs is 2. The van der Waals surface area contributed by atoms with Gasteiger partial charge in [-0.3, -0.25) is 0 Å². The van der Waals surface area contributed by atoms with Crippen LogP contribution in [0.1, 0.15) is 19.3 Å². The number of rotatable bonds is 0. The summed E-state index contributed by atoms with van der Waals surface area (Å²) in [7, 11) is 2.22. The maximum Gasteiger partial charge on any atom is 0.0120 e. The van der Waals surface area contributed by atoms with Crippen molar-refractivity contribution in [3.05, 3.63) is 0 Å². The van der Waals surface area contributed by atoms with Gasteiger partial charge in [0.05, 0.1) is 0 Å². The van der Waals surface area contributed by atoms with E-state index in [0.29, 0.717) is 6.04 Å². The average molecular weight is 154 g/mol. The molecule has 2 bridgehead atoms. The number of hydrogen-bond acceptors (Lipinski definition) is 2. The third kappa shape index (κ3) is 1.30. The topological polar surface area (TPSA) is 29.3 Å². The summed E-state index contributed by atoms with van der Waals surface area (Å²) >= 11 is 0. The smallest absolute Gasteiger partial charge is 0.0120 e. The van der Waals surface area contributed by atoms with Gasteiger partial charge in [0.1, 0.15) is 0 Å². The summed E-state index contributed by atoms with van der Waals surface area (Å²) in [6, 6.07) is 0.514. The van der Waals surface area contributed by atoms with Crippen LogP contribution in [0.15, 0.2) is 0 Å². The van der Waals surface area contributed by atoms with Gasteiger partial charge in [-0.1, -0.05) is 6.42 Å². The molecule has 0 aromatic carbocycles. The summed E-state index contributed by atoms with van der Waals surface area (Å²) in [6.07, 6.45) is 4.14. The molecule has 1 saturated carbocycles.